The second-order valence-electron chi connectivity index (χ2n) is 12.2. The van der Waals surface area contributed by atoms with Crippen molar-refractivity contribution in [3.8, 4) is 0 Å². The Kier molecular flexibility index (Phi) is 9.75. The number of anilines is 1. The molecule has 1 aliphatic rings. The lowest BCUT2D eigenvalue weighted by molar-refractivity contribution is -0.137. The Morgan fingerprint density at radius 1 is 0.882 bits per heavy atom. The van der Waals surface area contributed by atoms with Crippen LogP contribution in [0.5, 0.6) is 0 Å². The number of ether oxygens (including phenoxy) is 1. The number of aliphatic hydroxyl groups excluding tert-OH is 2. The lowest BCUT2D eigenvalue weighted by Crippen LogP contribution is -2.42. The summed E-state index contributed by atoms with van der Waals surface area (Å²) in [4.78, 5) is 26.6. The number of rotatable bonds is 12. The van der Waals surface area contributed by atoms with Crippen LogP contribution in [0.2, 0.25) is 0 Å². The van der Waals surface area contributed by atoms with Gasteiger partial charge in [-0.05, 0) is 41.0 Å². The number of benzene rings is 4. The smallest absolute Gasteiger partial charge is 0.252 e. The summed E-state index contributed by atoms with van der Waals surface area (Å²) in [7, 11) is -3.98. The number of nitrogens with zero attached hydrogens (tertiary/aromatic N) is 4. The van der Waals surface area contributed by atoms with E-state index in [9.17, 15) is 23.4 Å². The molecule has 262 valence electrons. The van der Waals surface area contributed by atoms with Gasteiger partial charge >= 0.3 is 0 Å². The van der Waals surface area contributed by atoms with Gasteiger partial charge in [-0.1, -0.05) is 91.0 Å². The maximum atomic E-state index is 13.5. The fourth-order valence-electron chi connectivity index (χ4n) is 6.31. The van der Waals surface area contributed by atoms with E-state index in [1.165, 1.54) is 10.9 Å². The number of likely N-dealkylation sites (N-methyl/N-ethyl adjacent to an activating group) is 1. The molecule has 6 aromatic rings. The zero-order valence-corrected chi connectivity index (χ0v) is 28.4. The number of sulfonamides is 1. The van der Waals surface area contributed by atoms with Crippen molar-refractivity contribution in [2.24, 2.45) is 0 Å². The topological polar surface area (TPSA) is 181 Å². The monoisotopic (exact) mass is 707 g/mol. The van der Waals surface area contributed by atoms with Crippen LogP contribution in [0.25, 0.3) is 21.9 Å². The van der Waals surface area contributed by atoms with E-state index in [4.69, 9.17) is 9.72 Å². The molecule has 14 heteroatoms. The Hall–Kier alpha value is -5.25. The van der Waals surface area contributed by atoms with Gasteiger partial charge in [-0.25, -0.2) is 28.1 Å². The van der Waals surface area contributed by atoms with E-state index < -0.39 is 40.5 Å². The zero-order chi connectivity index (χ0) is 35.5. The van der Waals surface area contributed by atoms with Gasteiger partial charge in [0, 0.05) is 19.0 Å². The highest BCUT2D eigenvalue weighted by Crippen LogP contribution is 2.33. The highest BCUT2D eigenvalue weighted by atomic mass is 32.2. The van der Waals surface area contributed by atoms with Crippen molar-refractivity contribution in [1.82, 2.24) is 29.6 Å². The third-order valence-electron chi connectivity index (χ3n) is 8.92. The maximum absolute atomic E-state index is 13.5. The van der Waals surface area contributed by atoms with Gasteiger partial charge in [0.05, 0.1) is 17.8 Å². The van der Waals surface area contributed by atoms with Crippen LogP contribution in [0, 0.1) is 0 Å². The quantitative estimate of drug-likeness (QED) is 0.126. The number of imidazole rings is 1. The Balaban J connectivity index is 1.24. The van der Waals surface area contributed by atoms with Gasteiger partial charge in [0.2, 0.25) is 10.0 Å². The molecule has 0 spiro atoms. The van der Waals surface area contributed by atoms with E-state index in [2.05, 4.69) is 25.3 Å². The standard InChI is InChI=1S/C37H37N7O6S/c1-2-38-36(47)33-31(45)32(46)37(50-33)44-22-40-30-34(39-20-28(24-12-5-3-6-13-24)25-14-7-4-8-15-25)42-29(43-35(30)44)21-41-51(48,49)27-18-17-23-11-9-10-16-26(23)19-27/h3-19,22,28,31-33,37,41,45-46H,2,20-21H2,1H3,(H,38,47)(H,39,42,43). The molecular formula is C37H37N7O6S. The molecule has 13 nitrogen and oxygen atoms in total. The van der Waals surface area contributed by atoms with E-state index >= 15 is 0 Å². The normalized spacial score (nSPS) is 19.1. The largest absolute Gasteiger partial charge is 0.387 e. The predicted octanol–water partition coefficient (Wildman–Crippen LogP) is 3.46. The van der Waals surface area contributed by atoms with Crippen LogP contribution in [0.1, 0.15) is 36.0 Å². The molecule has 7 rings (SSSR count). The molecule has 4 aromatic carbocycles. The van der Waals surface area contributed by atoms with Gasteiger partial charge < -0.3 is 25.6 Å². The SMILES string of the molecule is CCNC(=O)C1OC(n2cnc3c(NCC(c4ccccc4)c4ccccc4)nc(CNS(=O)(=O)c4ccc5ccccc5c4)nc32)C(O)C1O. The van der Waals surface area contributed by atoms with E-state index in [1.54, 1.807) is 25.1 Å². The Labute approximate surface area is 294 Å². The van der Waals surface area contributed by atoms with Crippen molar-refractivity contribution in [3.63, 3.8) is 0 Å². The molecule has 5 N–H and O–H groups in total. The minimum absolute atomic E-state index is 0.0812. The van der Waals surface area contributed by atoms with Crippen molar-refractivity contribution in [1.29, 1.82) is 0 Å². The van der Waals surface area contributed by atoms with Gasteiger partial charge in [-0.3, -0.25) is 9.36 Å². The molecule has 0 aliphatic carbocycles. The molecule has 1 fully saturated rings. The fourth-order valence-corrected chi connectivity index (χ4v) is 7.32. The van der Waals surface area contributed by atoms with Crippen molar-refractivity contribution in [2.75, 3.05) is 18.4 Å². The molecule has 2 aromatic heterocycles. The number of hydrogen-bond acceptors (Lipinski definition) is 10. The van der Waals surface area contributed by atoms with Crippen LogP contribution in [-0.2, 0) is 26.1 Å². The Morgan fingerprint density at radius 2 is 1.55 bits per heavy atom. The first-order chi connectivity index (χ1) is 24.7. The predicted molar refractivity (Wildman–Crippen MR) is 191 cm³/mol. The Morgan fingerprint density at radius 3 is 2.24 bits per heavy atom. The van der Waals surface area contributed by atoms with E-state index in [0.29, 0.717) is 24.4 Å². The first-order valence-corrected chi connectivity index (χ1v) is 18.1. The molecule has 0 radical (unpaired) electrons. The molecule has 4 unspecified atom stereocenters. The molecule has 4 atom stereocenters. The van der Waals surface area contributed by atoms with Gasteiger partial charge in [0.15, 0.2) is 29.3 Å². The number of fused-ring (bicyclic) bond motifs is 2. The van der Waals surface area contributed by atoms with Gasteiger partial charge in [-0.2, -0.15) is 0 Å². The minimum Gasteiger partial charge on any atom is -0.387 e. The lowest BCUT2D eigenvalue weighted by atomic mass is 9.91. The van der Waals surface area contributed by atoms with E-state index in [1.807, 2.05) is 84.9 Å². The first-order valence-electron chi connectivity index (χ1n) is 16.6. The molecule has 51 heavy (non-hydrogen) atoms. The number of aliphatic hydroxyl groups is 2. The van der Waals surface area contributed by atoms with Crippen LogP contribution in [0.3, 0.4) is 0 Å². The third-order valence-corrected chi connectivity index (χ3v) is 10.3. The van der Waals surface area contributed by atoms with Crippen LogP contribution in [0.4, 0.5) is 5.82 Å². The van der Waals surface area contributed by atoms with Crippen LogP contribution in [0.15, 0.2) is 114 Å². The molecule has 3 heterocycles. The van der Waals surface area contributed by atoms with Crippen molar-refractivity contribution in [2.45, 2.75) is 48.8 Å². The zero-order valence-electron chi connectivity index (χ0n) is 27.6. The summed E-state index contributed by atoms with van der Waals surface area (Å²) in [6.07, 6.45) is -4.16. The van der Waals surface area contributed by atoms with Crippen LogP contribution >= 0.6 is 0 Å². The number of nitrogens with one attached hydrogen (secondary N) is 3. The highest BCUT2D eigenvalue weighted by molar-refractivity contribution is 7.89. The minimum atomic E-state index is -3.98. The number of carbonyl (C=O) groups is 1. The first kappa shape index (κ1) is 34.2. The summed E-state index contributed by atoms with van der Waals surface area (Å²) in [5.41, 5.74) is 2.67. The van der Waals surface area contributed by atoms with E-state index in [0.717, 1.165) is 21.9 Å². The summed E-state index contributed by atoms with van der Waals surface area (Å²) in [6, 6.07) is 32.4. The van der Waals surface area contributed by atoms with Crippen LogP contribution in [-0.4, -0.2) is 75.5 Å². The lowest BCUT2D eigenvalue weighted by Gasteiger charge is -2.20. The molecule has 0 saturated carbocycles. The second-order valence-corrected chi connectivity index (χ2v) is 14.0. The highest BCUT2D eigenvalue weighted by Gasteiger charge is 2.47. The second kappa shape index (κ2) is 14.5. The van der Waals surface area contributed by atoms with Gasteiger partial charge in [0.25, 0.3) is 5.91 Å². The van der Waals surface area contributed by atoms with Crippen LogP contribution < -0.4 is 15.4 Å². The van der Waals surface area contributed by atoms with Gasteiger partial charge in [0.1, 0.15) is 18.0 Å². The van der Waals surface area contributed by atoms with Crippen molar-refractivity contribution in [3.05, 3.63) is 126 Å². The third kappa shape index (κ3) is 7.04. The van der Waals surface area contributed by atoms with E-state index in [-0.39, 0.29) is 28.8 Å². The van der Waals surface area contributed by atoms with Crippen molar-refractivity contribution < 1.29 is 28.2 Å². The molecule has 0 bridgehead atoms. The summed E-state index contributed by atoms with van der Waals surface area (Å²) in [5.74, 6) is -0.212. The molecule has 1 amide bonds. The summed E-state index contributed by atoms with van der Waals surface area (Å²) in [6.45, 7) is 2.17. The Bertz CT molecular complexity index is 2230. The number of aromatic nitrogens is 4. The molecular weight excluding hydrogens is 671 g/mol. The molecule has 1 saturated heterocycles. The van der Waals surface area contributed by atoms with Gasteiger partial charge in [-0.15, -0.1) is 0 Å². The number of hydrogen-bond donors (Lipinski definition) is 5. The summed E-state index contributed by atoms with van der Waals surface area (Å²) < 4.78 is 36.8. The molecule has 1 aliphatic heterocycles. The summed E-state index contributed by atoms with van der Waals surface area (Å²) >= 11 is 0. The summed E-state index contributed by atoms with van der Waals surface area (Å²) in [5, 5.41) is 29.4. The average Bonchev–Trinajstić information content (AvgIpc) is 3.71. The van der Waals surface area contributed by atoms with Crippen molar-refractivity contribution >= 4 is 43.7 Å². The number of amides is 1. The fraction of sp³-hybridized carbons (Fsp3) is 0.243. The number of carbonyl (C=O) groups excluding carboxylic acids is 1. The average molecular weight is 708 g/mol. The maximum Gasteiger partial charge on any atom is 0.252 e.